The van der Waals surface area contributed by atoms with Gasteiger partial charge in [-0.15, -0.1) is 0 Å². The van der Waals surface area contributed by atoms with Crippen LogP contribution in [-0.4, -0.2) is 47.3 Å². The van der Waals surface area contributed by atoms with Gasteiger partial charge in [0, 0.05) is 35.3 Å². The normalized spacial score (nSPS) is 13.4. The Bertz CT molecular complexity index is 1280. The van der Waals surface area contributed by atoms with Crippen molar-refractivity contribution < 1.29 is 22.1 Å². The zero-order chi connectivity index (χ0) is 22.8. The number of ether oxygens (including phenoxy) is 1. The minimum absolute atomic E-state index is 0.165. The highest BCUT2D eigenvalue weighted by atomic mass is 32.2. The second kappa shape index (κ2) is 8.99. The Kier molecular flexibility index (Phi) is 6.12. The molecule has 3 aromatic heterocycles. The number of nitrogens with zero attached hydrogens (tertiary/aromatic N) is 5. The topological polar surface area (TPSA) is 86.3 Å². The molecule has 2 atom stereocenters. The molecule has 0 aliphatic heterocycles. The van der Waals surface area contributed by atoms with Crippen molar-refractivity contribution in [1.29, 1.82) is 0 Å². The molecule has 4 aromatic rings. The Labute approximate surface area is 183 Å². The van der Waals surface area contributed by atoms with Crippen molar-refractivity contribution >= 4 is 22.5 Å². The van der Waals surface area contributed by atoms with Crippen molar-refractivity contribution in [1.82, 2.24) is 23.8 Å². The highest BCUT2D eigenvalue weighted by Crippen LogP contribution is 2.30. The Morgan fingerprint density at radius 3 is 2.75 bits per heavy atom. The third-order valence-electron chi connectivity index (χ3n) is 4.67. The third kappa shape index (κ3) is 4.59. The van der Waals surface area contributed by atoms with Crippen LogP contribution >= 0.6 is 0 Å². The number of hydrogen-bond acceptors (Lipinski definition) is 6. The molecule has 2 unspecified atom stereocenters. The van der Waals surface area contributed by atoms with Crippen LogP contribution < -0.4 is 10.1 Å². The molecule has 12 heteroatoms. The van der Waals surface area contributed by atoms with Crippen LogP contribution in [0.15, 0.2) is 49.1 Å². The number of fused-ring (bicyclic) bond motifs is 1. The molecule has 0 aliphatic carbocycles. The van der Waals surface area contributed by atoms with Crippen LogP contribution in [-0.2, 0) is 11.0 Å². The minimum atomic E-state index is -2.64. The molecule has 0 bridgehead atoms. The maximum Gasteiger partial charge on any atom is 0.272 e. The first-order valence-corrected chi connectivity index (χ1v) is 11.0. The van der Waals surface area contributed by atoms with Crippen molar-refractivity contribution in [2.45, 2.75) is 19.4 Å². The summed E-state index contributed by atoms with van der Waals surface area (Å²) in [5.74, 6) is 0.116. The van der Waals surface area contributed by atoms with E-state index in [4.69, 9.17) is 4.74 Å². The number of hydrogen-bond donors (Lipinski definition) is 1. The van der Waals surface area contributed by atoms with E-state index in [1.165, 1.54) is 22.5 Å². The fourth-order valence-electron chi connectivity index (χ4n) is 3.18. The number of nitrogens with one attached hydrogen (secondary N) is 1. The predicted octanol–water partition coefficient (Wildman–Crippen LogP) is 3.69. The summed E-state index contributed by atoms with van der Waals surface area (Å²) in [5.41, 5.74) is 2.29. The maximum atomic E-state index is 13.8. The Balaban J connectivity index is 1.62. The van der Waals surface area contributed by atoms with Crippen molar-refractivity contribution in [3.63, 3.8) is 0 Å². The van der Waals surface area contributed by atoms with Gasteiger partial charge in [-0.1, -0.05) is 0 Å². The number of halogens is 3. The summed E-state index contributed by atoms with van der Waals surface area (Å²) in [5, 5.41) is 11.5. The first-order valence-electron chi connectivity index (χ1n) is 9.52. The Morgan fingerprint density at radius 1 is 1.22 bits per heavy atom. The second-order valence-corrected chi connectivity index (χ2v) is 8.17. The SMILES string of the molecule is CC(Nc1ccn2ncc(-c3cnn(S(C)=O)c3)c2n1)c1cc(F)ccc1OCC(F)F. The van der Waals surface area contributed by atoms with Gasteiger partial charge in [0.2, 0.25) is 0 Å². The predicted molar refractivity (Wildman–Crippen MR) is 114 cm³/mol. The average molecular weight is 464 g/mol. The number of rotatable bonds is 8. The van der Waals surface area contributed by atoms with E-state index in [0.29, 0.717) is 28.2 Å². The molecule has 0 saturated heterocycles. The van der Waals surface area contributed by atoms with Gasteiger partial charge in [-0.3, -0.25) is 0 Å². The number of benzene rings is 1. The van der Waals surface area contributed by atoms with E-state index in [9.17, 15) is 17.4 Å². The van der Waals surface area contributed by atoms with Gasteiger partial charge >= 0.3 is 0 Å². The number of aromatic nitrogens is 5. The van der Waals surface area contributed by atoms with Gasteiger partial charge in [0.15, 0.2) is 5.65 Å². The lowest BCUT2D eigenvalue weighted by atomic mass is 10.1. The molecule has 0 aliphatic rings. The molecule has 0 amide bonds. The van der Waals surface area contributed by atoms with E-state index < -0.39 is 35.9 Å². The average Bonchev–Trinajstić information content (AvgIpc) is 3.39. The van der Waals surface area contributed by atoms with Gasteiger partial charge in [0.25, 0.3) is 6.43 Å². The molecule has 32 heavy (non-hydrogen) atoms. The zero-order valence-electron chi connectivity index (χ0n) is 17.1. The van der Waals surface area contributed by atoms with Crippen molar-refractivity contribution in [3.8, 4) is 16.9 Å². The summed E-state index contributed by atoms with van der Waals surface area (Å²) in [6.45, 7) is 0.957. The molecule has 8 nitrogen and oxygen atoms in total. The van der Waals surface area contributed by atoms with E-state index in [-0.39, 0.29) is 5.75 Å². The first-order chi connectivity index (χ1) is 15.3. The lowest BCUT2D eigenvalue weighted by Crippen LogP contribution is -2.13. The second-order valence-electron chi connectivity index (χ2n) is 6.94. The van der Waals surface area contributed by atoms with Crippen molar-refractivity contribution in [3.05, 3.63) is 60.4 Å². The third-order valence-corrected chi connectivity index (χ3v) is 5.40. The quantitative estimate of drug-likeness (QED) is 0.428. The van der Waals surface area contributed by atoms with Crippen LogP contribution in [0.5, 0.6) is 5.75 Å². The Hall–Kier alpha value is -3.41. The summed E-state index contributed by atoms with van der Waals surface area (Å²) in [6, 6.07) is 4.91. The van der Waals surface area contributed by atoms with Crippen LogP contribution in [0.25, 0.3) is 16.8 Å². The molecule has 0 spiro atoms. The molecule has 1 aromatic carbocycles. The van der Waals surface area contributed by atoms with Crippen LogP contribution in [0.1, 0.15) is 18.5 Å². The van der Waals surface area contributed by atoms with Crippen molar-refractivity contribution in [2.24, 2.45) is 0 Å². The highest BCUT2D eigenvalue weighted by Gasteiger charge is 2.17. The van der Waals surface area contributed by atoms with Crippen LogP contribution in [0.2, 0.25) is 0 Å². The lowest BCUT2D eigenvalue weighted by Gasteiger charge is -2.19. The standard InChI is InChI=1S/C20H19F3N6O2S/c1-12(15-7-14(21)3-4-17(15)31-11-18(22)23)26-19-5-6-28-20(27-19)16(9-24-28)13-8-25-29(10-13)32(2)30/h3-10,12,18H,11H2,1-2H3,(H,26,27). The van der Waals surface area contributed by atoms with Crippen LogP contribution in [0.4, 0.5) is 19.0 Å². The zero-order valence-corrected chi connectivity index (χ0v) is 17.9. The fraction of sp³-hybridized carbons (Fsp3) is 0.250. The van der Waals surface area contributed by atoms with Gasteiger partial charge in [-0.05, 0) is 31.2 Å². The van der Waals surface area contributed by atoms with Crippen LogP contribution in [0, 0.1) is 5.82 Å². The van der Waals surface area contributed by atoms with E-state index in [1.807, 2.05) is 0 Å². The maximum absolute atomic E-state index is 13.8. The molecule has 0 radical (unpaired) electrons. The molecular weight excluding hydrogens is 445 g/mol. The van der Waals surface area contributed by atoms with Crippen LogP contribution in [0.3, 0.4) is 0 Å². The molecule has 168 valence electrons. The van der Waals surface area contributed by atoms with Gasteiger partial charge in [0.05, 0.1) is 18.4 Å². The summed E-state index contributed by atoms with van der Waals surface area (Å²) < 4.78 is 58.6. The smallest absolute Gasteiger partial charge is 0.272 e. The first kappa shape index (κ1) is 21.8. The van der Waals surface area contributed by atoms with Gasteiger partial charge in [-0.2, -0.15) is 14.3 Å². The van der Waals surface area contributed by atoms with E-state index in [2.05, 4.69) is 20.5 Å². The van der Waals surface area contributed by atoms with Gasteiger partial charge < -0.3 is 10.1 Å². The number of anilines is 1. The monoisotopic (exact) mass is 464 g/mol. The summed E-state index contributed by atoms with van der Waals surface area (Å²) in [4.78, 5) is 4.58. The summed E-state index contributed by atoms with van der Waals surface area (Å²) >= 11 is 0. The van der Waals surface area contributed by atoms with Gasteiger partial charge in [-0.25, -0.2) is 26.9 Å². The largest absolute Gasteiger partial charge is 0.487 e. The van der Waals surface area contributed by atoms with E-state index in [0.717, 1.165) is 6.07 Å². The minimum Gasteiger partial charge on any atom is -0.487 e. The highest BCUT2D eigenvalue weighted by molar-refractivity contribution is 7.82. The van der Waals surface area contributed by atoms with Gasteiger partial charge in [0.1, 0.15) is 35.0 Å². The molecule has 4 rings (SSSR count). The summed E-state index contributed by atoms with van der Waals surface area (Å²) in [7, 11) is -1.29. The Morgan fingerprint density at radius 2 is 2.03 bits per heavy atom. The molecule has 0 saturated carbocycles. The molecule has 1 N–H and O–H groups in total. The fourth-order valence-corrected chi connectivity index (χ4v) is 3.62. The summed E-state index contributed by atoms with van der Waals surface area (Å²) in [6.07, 6.45) is 5.40. The molecule has 0 fully saturated rings. The molecular formula is C20H19F3N6O2S. The lowest BCUT2D eigenvalue weighted by molar-refractivity contribution is 0.0813. The van der Waals surface area contributed by atoms with E-state index in [1.54, 1.807) is 42.3 Å². The van der Waals surface area contributed by atoms with Crippen molar-refractivity contribution in [2.75, 3.05) is 18.2 Å². The molecule has 3 heterocycles. The number of alkyl halides is 2. The van der Waals surface area contributed by atoms with E-state index >= 15 is 0 Å².